The quantitative estimate of drug-likeness (QED) is 0.520. The van der Waals surface area contributed by atoms with Crippen molar-refractivity contribution < 1.29 is 19.7 Å². The molecule has 2 aromatic rings. The van der Waals surface area contributed by atoms with Crippen LogP contribution in [0.1, 0.15) is 49.0 Å². The molecule has 0 aromatic heterocycles. The molecule has 0 saturated carbocycles. The summed E-state index contributed by atoms with van der Waals surface area (Å²) in [5.41, 5.74) is 3.30. The van der Waals surface area contributed by atoms with Crippen molar-refractivity contribution in [3.63, 3.8) is 0 Å². The number of nitrogens with one attached hydrogen (secondary N) is 1. The standard InChI is InChI=1S/C26H34N2O4/c1-2-22(29)17-31-23-9-7-19(8-10-23)26(30)25(27)21-14-20-6-5-18(13-24(20)32-16-21)15-28-11-3-4-12-28/h5-10,13,21-22,26-27,29-30H,2-4,11-12,14-17H2,1H3/t21-,22-,26?/m1/s1. The predicted molar refractivity (Wildman–Crippen MR) is 125 cm³/mol. The van der Waals surface area contributed by atoms with Crippen LogP contribution in [0.15, 0.2) is 42.5 Å². The van der Waals surface area contributed by atoms with Crippen LogP contribution in [0.25, 0.3) is 0 Å². The van der Waals surface area contributed by atoms with Gasteiger partial charge >= 0.3 is 0 Å². The molecule has 1 saturated heterocycles. The van der Waals surface area contributed by atoms with E-state index < -0.39 is 12.2 Å². The van der Waals surface area contributed by atoms with Gasteiger partial charge in [-0.3, -0.25) is 4.90 Å². The molecule has 0 amide bonds. The molecule has 4 rings (SSSR count). The Morgan fingerprint density at radius 2 is 1.91 bits per heavy atom. The number of hydrogen-bond acceptors (Lipinski definition) is 6. The maximum absolute atomic E-state index is 10.8. The van der Waals surface area contributed by atoms with Gasteiger partial charge in [-0.25, -0.2) is 0 Å². The van der Waals surface area contributed by atoms with Crippen LogP contribution in [-0.4, -0.2) is 53.2 Å². The average molecular weight is 439 g/mol. The number of ether oxygens (including phenoxy) is 2. The molecule has 2 aliphatic rings. The molecule has 0 spiro atoms. The summed E-state index contributed by atoms with van der Waals surface area (Å²) in [6.45, 7) is 5.86. The van der Waals surface area contributed by atoms with Gasteiger partial charge in [-0.2, -0.15) is 0 Å². The molecule has 172 valence electrons. The van der Waals surface area contributed by atoms with Gasteiger partial charge in [-0.15, -0.1) is 0 Å². The van der Waals surface area contributed by atoms with E-state index in [9.17, 15) is 10.2 Å². The third kappa shape index (κ3) is 5.49. The molecule has 3 atom stereocenters. The molecular formula is C26H34N2O4. The van der Waals surface area contributed by atoms with Crippen LogP contribution in [-0.2, 0) is 13.0 Å². The Morgan fingerprint density at radius 3 is 2.62 bits per heavy atom. The molecule has 6 nitrogen and oxygen atoms in total. The van der Waals surface area contributed by atoms with Gasteiger partial charge in [0.1, 0.15) is 24.2 Å². The van der Waals surface area contributed by atoms with Crippen molar-refractivity contribution in [2.75, 3.05) is 26.3 Å². The zero-order chi connectivity index (χ0) is 22.5. The fourth-order valence-corrected chi connectivity index (χ4v) is 4.37. The van der Waals surface area contributed by atoms with E-state index in [4.69, 9.17) is 14.9 Å². The van der Waals surface area contributed by atoms with Gasteiger partial charge in [0.05, 0.1) is 12.7 Å². The summed E-state index contributed by atoms with van der Waals surface area (Å²) in [4.78, 5) is 2.47. The first kappa shape index (κ1) is 22.8. The van der Waals surface area contributed by atoms with Gasteiger partial charge in [-0.05, 0) is 73.7 Å². The zero-order valence-corrected chi connectivity index (χ0v) is 18.8. The zero-order valence-electron chi connectivity index (χ0n) is 18.8. The van der Waals surface area contributed by atoms with E-state index in [0.29, 0.717) is 30.8 Å². The van der Waals surface area contributed by atoms with Gasteiger partial charge in [0, 0.05) is 18.2 Å². The van der Waals surface area contributed by atoms with Gasteiger partial charge in [0.15, 0.2) is 0 Å². The fraction of sp³-hybridized carbons (Fsp3) is 0.500. The van der Waals surface area contributed by atoms with Crippen LogP contribution in [0.5, 0.6) is 11.5 Å². The van der Waals surface area contributed by atoms with Gasteiger partial charge in [-0.1, -0.05) is 31.2 Å². The lowest BCUT2D eigenvalue weighted by molar-refractivity contribution is 0.104. The molecule has 1 fully saturated rings. The van der Waals surface area contributed by atoms with Crippen molar-refractivity contribution in [1.82, 2.24) is 4.90 Å². The van der Waals surface area contributed by atoms with E-state index in [0.717, 1.165) is 17.9 Å². The van der Waals surface area contributed by atoms with Crippen molar-refractivity contribution in [3.05, 3.63) is 59.2 Å². The van der Waals surface area contributed by atoms with Crippen molar-refractivity contribution in [2.24, 2.45) is 5.92 Å². The molecule has 0 aliphatic carbocycles. The maximum atomic E-state index is 10.8. The van der Waals surface area contributed by atoms with Crippen LogP contribution < -0.4 is 9.47 Å². The summed E-state index contributed by atoms with van der Waals surface area (Å²) in [6.07, 6.45) is 2.44. The number of aliphatic hydroxyl groups excluding tert-OH is 2. The molecule has 32 heavy (non-hydrogen) atoms. The van der Waals surface area contributed by atoms with Gasteiger partial charge in [0.2, 0.25) is 0 Å². The first-order valence-corrected chi connectivity index (χ1v) is 11.7. The fourth-order valence-electron chi connectivity index (χ4n) is 4.37. The Hall–Kier alpha value is -2.41. The highest BCUT2D eigenvalue weighted by Gasteiger charge is 2.28. The van der Waals surface area contributed by atoms with E-state index in [-0.39, 0.29) is 18.2 Å². The Labute approximate surface area is 190 Å². The van der Waals surface area contributed by atoms with Crippen molar-refractivity contribution in [1.29, 1.82) is 5.41 Å². The lowest BCUT2D eigenvalue weighted by atomic mass is 9.87. The maximum Gasteiger partial charge on any atom is 0.122 e. The average Bonchev–Trinajstić information content (AvgIpc) is 3.34. The normalized spacial score (nSPS) is 20.3. The van der Waals surface area contributed by atoms with Crippen LogP contribution in [0, 0.1) is 11.3 Å². The second kappa shape index (κ2) is 10.5. The smallest absolute Gasteiger partial charge is 0.122 e. The number of likely N-dealkylation sites (tertiary alicyclic amines) is 1. The Morgan fingerprint density at radius 1 is 1.16 bits per heavy atom. The molecule has 0 radical (unpaired) electrons. The van der Waals surface area contributed by atoms with Crippen LogP contribution in [0.4, 0.5) is 0 Å². The molecular weight excluding hydrogens is 404 g/mol. The summed E-state index contributed by atoms with van der Waals surface area (Å²) >= 11 is 0. The molecule has 3 N–H and O–H groups in total. The Bertz CT molecular complexity index is 909. The molecule has 2 heterocycles. The minimum Gasteiger partial charge on any atom is -0.493 e. The number of hydrogen-bond donors (Lipinski definition) is 3. The first-order valence-electron chi connectivity index (χ1n) is 11.7. The van der Waals surface area contributed by atoms with E-state index in [2.05, 4.69) is 23.1 Å². The molecule has 2 aliphatic heterocycles. The lowest BCUT2D eigenvalue weighted by Gasteiger charge is -2.28. The lowest BCUT2D eigenvalue weighted by Crippen LogP contribution is -2.31. The van der Waals surface area contributed by atoms with Crippen molar-refractivity contribution >= 4 is 5.71 Å². The van der Waals surface area contributed by atoms with Crippen LogP contribution >= 0.6 is 0 Å². The SMILES string of the molecule is CC[C@@H](O)COc1ccc(C(O)C(=N)[C@H]2COc3cc(CN4CCCC4)ccc3C2)cc1. The minimum absolute atomic E-state index is 0.155. The largest absolute Gasteiger partial charge is 0.493 e. The summed E-state index contributed by atoms with van der Waals surface area (Å²) < 4.78 is 11.6. The molecule has 6 heteroatoms. The predicted octanol–water partition coefficient (Wildman–Crippen LogP) is 3.74. The summed E-state index contributed by atoms with van der Waals surface area (Å²) in [5, 5.41) is 29.0. The third-order valence-electron chi connectivity index (χ3n) is 6.49. The summed E-state index contributed by atoms with van der Waals surface area (Å²) in [7, 11) is 0. The van der Waals surface area contributed by atoms with Crippen LogP contribution in [0.2, 0.25) is 0 Å². The third-order valence-corrected chi connectivity index (χ3v) is 6.49. The topological polar surface area (TPSA) is 86.0 Å². The van der Waals surface area contributed by atoms with Gasteiger partial charge in [0.25, 0.3) is 0 Å². The Balaban J connectivity index is 1.34. The van der Waals surface area contributed by atoms with E-state index in [1.165, 1.54) is 31.5 Å². The summed E-state index contributed by atoms with van der Waals surface area (Å²) in [6, 6.07) is 13.5. The van der Waals surface area contributed by atoms with Gasteiger partial charge < -0.3 is 25.1 Å². The number of rotatable bonds is 9. The summed E-state index contributed by atoms with van der Waals surface area (Å²) in [5.74, 6) is 1.40. The highest BCUT2D eigenvalue weighted by atomic mass is 16.5. The number of benzene rings is 2. The molecule has 0 bridgehead atoms. The highest BCUT2D eigenvalue weighted by molar-refractivity contribution is 5.89. The highest BCUT2D eigenvalue weighted by Crippen LogP contribution is 2.32. The second-order valence-electron chi connectivity index (χ2n) is 8.94. The Kier molecular flexibility index (Phi) is 7.45. The van der Waals surface area contributed by atoms with Crippen molar-refractivity contribution in [2.45, 2.75) is 51.4 Å². The molecule has 2 aromatic carbocycles. The molecule has 1 unspecified atom stereocenters. The number of nitrogens with zero attached hydrogens (tertiary/aromatic N) is 1. The van der Waals surface area contributed by atoms with E-state index >= 15 is 0 Å². The second-order valence-corrected chi connectivity index (χ2v) is 8.94. The van der Waals surface area contributed by atoms with Crippen LogP contribution in [0.3, 0.4) is 0 Å². The van der Waals surface area contributed by atoms with Crippen molar-refractivity contribution in [3.8, 4) is 11.5 Å². The monoisotopic (exact) mass is 438 g/mol. The first-order chi connectivity index (χ1) is 15.5. The number of aliphatic hydroxyl groups is 2. The number of fused-ring (bicyclic) bond motifs is 1. The van der Waals surface area contributed by atoms with E-state index in [1.807, 2.05) is 6.92 Å². The minimum atomic E-state index is -0.977. The van der Waals surface area contributed by atoms with E-state index in [1.54, 1.807) is 24.3 Å².